The van der Waals surface area contributed by atoms with Gasteiger partial charge in [-0.05, 0) is 86.4 Å². The van der Waals surface area contributed by atoms with E-state index in [9.17, 15) is 5.11 Å². The summed E-state index contributed by atoms with van der Waals surface area (Å²) in [6.07, 6.45) is 8.27. The van der Waals surface area contributed by atoms with E-state index in [1.165, 1.54) is 44.1 Å². The smallest absolute Gasteiger partial charge is 0.119 e. The number of rotatable bonds is 6. The predicted molar refractivity (Wildman–Crippen MR) is 112 cm³/mol. The Kier molecular flexibility index (Phi) is 6.46. The minimum Gasteiger partial charge on any atom is -1.00 e. The second-order valence-corrected chi connectivity index (χ2v) is 10.3. The summed E-state index contributed by atoms with van der Waals surface area (Å²) < 4.78 is 5.92. The molecule has 0 aromatic heterocycles. The lowest BCUT2D eigenvalue weighted by molar-refractivity contribution is -0.00525. The van der Waals surface area contributed by atoms with Crippen molar-refractivity contribution >= 4 is 0 Å². The van der Waals surface area contributed by atoms with Crippen LogP contribution in [0.5, 0.6) is 5.75 Å². The molecule has 4 bridgehead atoms. The number of piperazine rings is 1. The molecule has 0 radical (unpaired) electrons. The molecule has 5 fully saturated rings. The zero-order valence-corrected chi connectivity index (χ0v) is 18.5. The second-order valence-electron chi connectivity index (χ2n) is 10.3. The number of likely N-dealkylation sites (N-methyl/N-ethyl adjacent to an activating group) is 1. The Morgan fingerprint density at radius 1 is 0.966 bits per heavy atom. The van der Waals surface area contributed by atoms with Crippen LogP contribution < -0.4 is 17.1 Å². The summed E-state index contributed by atoms with van der Waals surface area (Å²) in [6.45, 7) is 5.32. The number of nitrogens with zero attached hydrogens (tertiary/aromatic N) is 2. The summed E-state index contributed by atoms with van der Waals surface area (Å²) in [7, 11) is 2.16. The van der Waals surface area contributed by atoms with Crippen LogP contribution in [0.3, 0.4) is 0 Å². The highest BCUT2D eigenvalue weighted by Gasteiger charge is 2.51. The Balaban J connectivity index is 0.00000205. The van der Waals surface area contributed by atoms with Crippen molar-refractivity contribution in [2.75, 3.05) is 46.4 Å². The van der Waals surface area contributed by atoms with Crippen molar-refractivity contribution in [3.63, 3.8) is 0 Å². The SMILES string of the molecule is CN1CCN(CC(O)COc2ccc(C34CC5CC(CC(C5)C3)C4)cc2)CC1.[Cl-]. The van der Waals surface area contributed by atoms with Crippen molar-refractivity contribution in [3.05, 3.63) is 29.8 Å². The fourth-order valence-electron chi connectivity index (χ4n) is 6.94. The third kappa shape index (κ3) is 4.61. The Morgan fingerprint density at radius 2 is 1.52 bits per heavy atom. The van der Waals surface area contributed by atoms with Gasteiger partial charge in [-0.1, -0.05) is 12.1 Å². The Morgan fingerprint density at radius 3 is 2.07 bits per heavy atom. The predicted octanol–water partition coefficient (Wildman–Crippen LogP) is 0.146. The lowest BCUT2D eigenvalue weighted by atomic mass is 9.48. The molecular formula is C24H36ClN2O2-. The fraction of sp³-hybridized carbons (Fsp3) is 0.750. The number of aliphatic hydroxyl groups is 1. The first-order valence-corrected chi connectivity index (χ1v) is 11.4. The van der Waals surface area contributed by atoms with Gasteiger partial charge >= 0.3 is 0 Å². The van der Waals surface area contributed by atoms with Crippen LogP contribution in [0.4, 0.5) is 0 Å². The van der Waals surface area contributed by atoms with Gasteiger partial charge in [0.2, 0.25) is 0 Å². The maximum absolute atomic E-state index is 10.4. The monoisotopic (exact) mass is 419 g/mol. The molecule has 4 nitrogen and oxygen atoms in total. The van der Waals surface area contributed by atoms with Crippen LogP contribution in [0.15, 0.2) is 24.3 Å². The first-order valence-electron chi connectivity index (χ1n) is 11.4. The Hall–Kier alpha value is -0.810. The number of benzene rings is 1. The molecule has 5 heteroatoms. The molecule has 0 spiro atoms. The van der Waals surface area contributed by atoms with Crippen molar-refractivity contribution in [1.29, 1.82) is 0 Å². The van der Waals surface area contributed by atoms with E-state index >= 15 is 0 Å². The summed E-state index contributed by atoms with van der Waals surface area (Å²) in [5, 5.41) is 10.4. The van der Waals surface area contributed by atoms with Crippen molar-refractivity contribution in [3.8, 4) is 5.75 Å². The maximum atomic E-state index is 10.4. The average Bonchev–Trinajstić information content (AvgIpc) is 2.68. The van der Waals surface area contributed by atoms with Crippen LogP contribution in [0, 0.1) is 17.8 Å². The molecular weight excluding hydrogens is 384 g/mol. The van der Waals surface area contributed by atoms with Crippen LogP contribution in [0.25, 0.3) is 0 Å². The van der Waals surface area contributed by atoms with Gasteiger partial charge in [-0.25, -0.2) is 0 Å². The summed E-state index contributed by atoms with van der Waals surface area (Å²) >= 11 is 0. The summed E-state index contributed by atoms with van der Waals surface area (Å²) in [6, 6.07) is 8.90. The first kappa shape index (κ1) is 21.4. The topological polar surface area (TPSA) is 35.9 Å². The number of ether oxygens (including phenoxy) is 1. The zero-order valence-electron chi connectivity index (χ0n) is 17.7. The number of hydrogen-bond donors (Lipinski definition) is 1. The molecule has 162 valence electrons. The van der Waals surface area contributed by atoms with Gasteiger partial charge in [-0.15, -0.1) is 0 Å². The normalized spacial score (nSPS) is 35.3. The van der Waals surface area contributed by atoms with Crippen molar-refractivity contribution in [1.82, 2.24) is 9.80 Å². The first-order chi connectivity index (χ1) is 13.6. The molecule has 29 heavy (non-hydrogen) atoms. The molecule has 6 rings (SSSR count). The molecule has 1 unspecified atom stereocenters. The summed E-state index contributed by atoms with van der Waals surface area (Å²) in [4.78, 5) is 4.68. The molecule has 1 aromatic rings. The van der Waals surface area contributed by atoms with Crippen molar-refractivity contribution < 1.29 is 22.3 Å². The van der Waals surface area contributed by atoms with E-state index in [-0.39, 0.29) is 12.4 Å². The molecule has 1 atom stereocenters. The summed E-state index contributed by atoms with van der Waals surface area (Å²) in [5.74, 6) is 3.83. The summed E-state index contributed by atoms with van der Waals surface area (Å²) in [5.41, 5.74) is 1.99. The highest BCUT2D eigenvalue weighted by atomic mass is 35.5. The van der Waals surface area contributed by atoms with Crippen LogP contribution in [0.2, 0.25) is 0 Å². The van der Waals surface area contributed by atoms with Gasteiger partial charge in [-0.2, -0.15) is 0 Å². The van der Waals surface area contributed by atoms with Crippen molar-refractivity contribution in [2.24, 2.45) is 17.8 Å². The highest BCUT2D eigenvalue weighted by Crippen LogP contribution is 2.60. The number of β-amino-alcohol motifs (C(OH)–C–C–N with tert-alkyl or cyclic N) is 1. The van der Waals surface area contributed by atoms with E-state index in [2.05, 4.69) is 41.1 Å². The zero-order chi connectivity index (χ0) is 19.1. The number of aliphatic hydroxyl groups excluding tert-OH is 1. The van der Waals surface area contributed by atoms with Gasteiger partial charge in [0.1, 0.15) is 18.5 Å². The van der Waals surface area contributed by atoms with Crippen LogP contribution in [0.1, 0.15) is 44.1 Å². The number of hydrogen-bond acceptors (Lipinski definition) is 4. The van der Waals surface area contributed by atoms with Gasteiger partial charge in [0.05, 0.1) is 0 Å². The minimum absolute atomic E-state index is 0. The second kappa shape index (κ2) is 8.74. The van der Waals surface area contributed by atoms with Crippen LogP contribution in [-0.4, -0.2) is 67.4 Å². The van der Waals surface area contributed by atoms with E-state index in [0.717, 1.165) is 49.7 Å². The van der Waals surface area contributed by atoms with E-state index in [0.29, 0.717) is 18.6 Å². The highest BCUT2D eigenvalue weighted by molar-refractivity contribution is 5.34. The van der Waals surface area contributed by atoms with Crippen molar-refractivity contribution in [2.45, 2.75) is 50.0 Å². The van der Waals surface area contributed by atoms with Crippen LogP contribution in [-0.2, 0) is 5.41 Å². The fourth-order valence-corrected chi connectivity index (χ4v) is 6.94. The number of halogens is 1. The third-order valence-electron chi connectivity index (χ3n) is 8.01. The van der Waals surface area contributed by atoms with E-state index in [1.807, 2.05) is 0 Å². The molecule has 4 saturated carbocycles. The maximum Gasteiger partial charge on any atom is 0.119 e. The molecule has 0 amide bonds. The Labute approximate surface area is 182 Å². The van der Waals surface area contributed by atoms with Gasteiger partial charge in [-0.3, -0.25) is 4.90 Å². The third-order valence-corrected chi connectivity index (χ3v) is 8.01. The van der Waals surface area contributed by atoms with Gasteiger partial charge in [0, 0.05) is 32.7 Å². The van der Waals surface area contributed by atoms with E-state index in [1.54, 1.807) is 0 Å². The lowest BCUT2D eigenvalue weighted by Gasteiger charge is -2.57. The average molecular weight is 420 g/mol. The molecule has 1 heterocycles. The molecule has 1 saturated heterocycles. The molecule has 1 aliphatic heterocycles. The van der Waals surface area contributed by atoms with Crippen LogP contribution >= 0.6 is 0 Å². The lowest BCUT2D eigenvalue weighted by Crippen LogP contribution is -3.00. The Bertz CT molecular complexity index is 637. The standard InChI is InChI=1S/C24H36N2O2.ClH/c1-25-6-8-26(9-7-25)16-22(27)17-28-23-4-2-21(3-5-23)24-13-18-10-19(14-24)12-20(11-18)15-24;/h2-5,18-20,22,27H,6-17H2,1H3;1H/p-1. The minimum atomic E-state index is -0.425. The molecule has 1 N–H and O–H groups in total. The van der Waals surface area contributed by atoms with Gasteiger partial charge < -0.3 is 27.2 Å². The molecule has 4 aliphatic carbocycles. The largest absolute Gasteiger partial charge is 1.00 e. The molecule has 1 aromatic carbocycles. The van der Waals surface area contributed by atoms with E-state index < -0.39 is 6.10 Å². The molecule has 5 aliphatic rings. The van der Waals surface area contributed by atoms with Gasteiger partial charge in [0.25, 0.3) is 0 Å². The van der Waals surface area contributed by atoms with E-state index in [4.69, 9.17) is 4.74 Å². The van der Waals surface area contributed by atoms with Gasteiger partial charge in [0.15, 0.2) is 0 Å². The quantitative estimate of drug-likeness (QED) is 0.711.